The van der Waals surface area contributed by atoms with E-state index in [0.29, 0.717) is 37.9 Å². The van der Waals surface area contributed by atoms with Gasteiger partial charge in [-0.15, -0.1) is 0 Å². The summed E-state index contributed by atoms with van der Waals surface area (Å²) in [5, 5.41) is 5.72. The van der Waals surface area contributed by atoms with E-state index < -0.39 is 0 Å². The van der Waals surface area contributed by atoms with Crippen molar-refractivity contribution in [1.82, 2.24) is 10.2 Å². The SMILES string of the molecule is O=C(CCCNC(=O)c1ccccc1)Nc1cccc(CN2CCCCC2=O)c1. The molecule has 6 heteroatoms. The summed E-state index contributed by atoms with van der Waals surface area (Å²) in [6.45, 7) is 1.82. The third-order valence-electron chi connectivity index (χ3n) is 4.91. The molecule has 3 rings (SSSR count). The number of hydrogen-bond acceptors (Lipinski definition) is 3. The maximum Gasteiger partial charge on any atom is 0.251 e. The van der Waals surface area contributed by atoms with Gasteiger partial charge < -0.3 is 15.5 Å². The van der Waals surface area contributed by atoms with Crippen molar-refractivity contribution in [3.63, 3.8) is 0 Å². The third kappa shape index (κ3) is 6.45. The fraction of sp³-hybridized carbons (Fsp3) is 0.348. The average molecular weight is 393 g/mol. The Labute approximate surface area is 171 Å². The summed E-state index contributed by atoms with van der Waals surface area (Å²) < 4.78 is 0. The number of carbonyl (C=O) groups excluding carboxylic acids is 3. The van der Waals surface area contributed by atoms with Crippen molar-refractivity contribution in [3.05, 3.63) is 65.7 Å². The van der Waals surface area contributed by atoms with E-state index in [0.717, 1.165) is 30.6 Å². The van der Waals surface area contributed by atoms with Gasteiger partial charge in [0.2, 0.25) is 11.8 Å². The molecular weight excluding hydrogens is 366 g/mol. The Morgan fingerprint density at radius 3 is 2.62 bits per heavy atom. The van der Waals surface area contributed by atoms with Gasteiger partial charge in [0, 0.05) is 43.7 Å². The number of carbonyl (C=O) groups is 3. The van der Waals surface area contributed by atoms with Crippen LogP contribution in [-0.4, -0.2) is 35.7 Å². The quantitative estimate of drug-likeness (QED) is 0.675. The molecule has 0 bridgehead atoms. The Bertz CT molecular complexity index is 851. The van der Waals surface area contributed by atoms with Crippen LogP contribution in [0.1, 0.15) is 48.0 Å². The van der Waals surface area contributed by atoms with Crippen LogP contribution in [0.25, 0.3) is 0 Å². The molecule has 2 N–H and O–H groups in total. The molecular formula is C23H27N3O3. The number of amides is 3. The smallest absolute Gasteiger partial charge is 0.251 e. The first-order valence-corrected chi connectivity index (χ1v) is 10.1. The molecule has 2 aromatic rings. The van der Waals surface area contributed by atoms with Crippen LogP contribution in [0.15, 0.2) is 54.6 Å². The van der Waals surface area contributed by atoms with E-state index in [9.17, 15) is 14.4 Å². The van der Waals surface area contributed by atoms with Crippen LogP contribution in [-0.2, 0) is 16.1 Å². The van der Waals surface area contributed by atoms with E-state index in [1.165, 1.54) is 0 Å². The monoisotopic (exact) mass is 393 g/mol. The zero-order chi connectivity index (χ0) is 20.5. The topological polar surface area (TPSA) is 78.5 Å². The number of rotatable bonds is 8. The first-order chi connectivity index (χ1) is 14.1. The zero-order valence-corrected chi connectivity index (χ0v) is 16.5. The van der Waals surface area contributed by atoms with E-state index >= 15 is 0 Å². The molecule has 1 saturated heterocycles. The highest BCUT2D eigenvalue weighted by atomic mass is 16.2. The Balaban J connectivity index is 1.41. The number of benzene rings is 2. The van der Waals surface area contributed by atoms with Gasteiger partial charge >= 0.3 is 0 Å². The summed E-state index contributed by atoms with van der Waals surface area (Å²) in [7, 11) is 0. The summed E-state index contributed by atoms with van der Waals surface area (Å²) in [6, 6.07) is 16.6. The van der Waals surface area contributed by atoms with Crippen molar-refractivity contribution >= 4 is 23.4 Å². The fourth-order valence-corrected chi connectivity index (χ4v) is 3.36. The lowest BCUT2D eigenvalue weighted by Gasteiger charge is -2.26. The molecule has 0 aliphatic carbocycles. The van der Waals surface area contributed by atoms with E-state index in [4.69, 9.17) is 0 Å². The molecule has 2 aromatic carbocycles. The predicted octanol–water partition coefficient (Wildman–Crippen LogP) is 3.35. The predicted molar refractivity (Wildman–Crippen MR) is 112 cm³/mol. The van der Waals surface area contributed by atoms with Crippen LogP contribution in [0, 0.1) is 0 Å². The molecule has 1 aliphatic rings. The zero-order valence-electron chi connectivity index (χ0n) is 16.5. The summed E-state index contributed by atoms with van der Waals surface area (Å²) in [4.78, 5) is 38.0. The molecule has 0 radical (unpaired) electrons. The highest BCUT2D eigenvalue weighted by Crippen LogP contribution is 2.17. The van der Waals surface area contributed by atoms with Crippen molar-refractivity contribution in [2.24, 2.45) is 0 Å². The largest absolute Gasteiger partial charge is 0.352 e. The molecule has 0 aromatic heterocycles. The molecule has 0 spiro atoms. The number of likely N-dealkylation sites (tertiary alicyclic amines) is 1. The van der Waals surface area contributed by atoms with Crippen molar-refractivity contribution < 1.29 is 14.4 Å². The third-order valence-corrected chi connectivity index (χ3v) is 4.91. The first-order valence-electron chi connectivity index (χ1n) is 10.1. The minimum absolute atomic E-state index is 0.0924. The van der Waals surface area contributed by atoms with Crippen LogP contribution < -0.4 is 10.6 Å². The molecule has 0 atom stereocenters. The highest BCUT2D eigenvalue weighted by Gasteiger charge is 2.18. The van der Waals surface area contributed by atoms with Crippen molar-refractivity contribution in [3.8, 4) is 0 Å². The Hall–Kier alpha value is -3.15. The maximum atomic E-state index is 12.2. The maximum absolute atomic E-state index is 12.2. The van der Waals surface area contributed by atoms with Gasteiger partial charge in [0.05, 0.1) is 0 Å². The van der Waals surface area contributed by atoms with Gasteiger partial charge in [0.25, 0.3) is 5.91 Å². The standard InChI is InChI=1S/C23H27N3O3/c27-21(12-7-14-24-23(29)19-9-2-1-3-10-19)25-20-11-6-8-18(16-20)17-26-15-5-4-13-22(26)28/h1-3,6,8-11,16H,4-5,7,12-15,17H2,(H,24,29)(H,25,27). The minimum Gasteiger partial charge on any atom is -0.352 e. The van der Waals surface area contributed by atoms with Crippen LogP contribution in [0.5, 0.6) is 0 Å². The van der Waals surface area contributed by atoms with Crippen LogP contribution in [0.4, 0.5) is 5.69 Å². The van der Waals surface area contributed by atoms with E-state index in [1.807, 2.05) is 47.4 Å². The second kappa shape index (κ2) is 10.4. The van der Waals surface area contributed by atoms with E-state index in [2.05, 4.69) is 10.6 Å². The number of nitrogens with one attached hydrogen (secondary N) is 2. The summed E-state index contributed by atoms with van der Waals surface area (Å²) >= 11 is 0. The number of anilines is 1. The lowest BCUT2D eigenvalue weighted by atomic mass is 10.1. The first kappa shape index (κ1) is 20.6. The molecule has 0 saturated carbocycles. The van der Waals surface area contributed by atoms with Crippen LogP contribution in [0.2, 0.25) is 0 Å². The van der Waals surface area contributed by atoms with Crippen LogP contribution >= 0.6 is 0 Å². The molecule has 6 nitrogen and oxygen atoms in total. The van der Waals surface area contributed by atoms with Gasteiger partial charge in [-0.25, -0.2) is 0 Å². The van der Waals surface area contributed by atoms with Gasteiger partial charge in [-0.1, -0.05) is 30.3 Å². The van der Waals surface area contributed by atoms with Gasteiger partial charge in [0.15, 0.2) is 0 Å². The van der Waals surface area contributed by atoms with Gasteiger partial charge in [0.1, 0.15) is 0 Å². The van der Waals surface area contributed by atoms with Gasteiger partial charge in [-0.3, -0.25) is 14.4 Å². The molecule has 3 amide bonds. The van der Waals surface area contributed by atoms with Crippen molar-refractivity contribution in [1.29, 1.82) is 0 Å². The second-order valence-corrected chi connectivity index (χ2v) is 7.25. The number of hydrogen-bond donors (Lipinski definition) is 2. The van der Waals surface area contributed by atoms with Crippen molar-refractivity contribution in [2.45, 2.75) is 38.6 Å². The Kier molecular flexibility index (Phi) is 7.39. The van der Waals surface area contributed by atoms with E-state index in [-0.39, 0.29) is 17.7 Å². The Morgan fingerprint density at radius 1 is 1.00 bits per heavy atom. The summed E-state index contributed by atoms with van der Waals surface area (Å²) in [6.07, 6.45) is 3.52. The molecule has 0 unspecified atom stereocenters. The summed E-state index contributed by atoms with van der Waals surface area (Å²) in [5.74, 6) is -0.0284. The molecule has 29 heavy (non-hydrogen) atoms. The number of nitrogens with zero attached hydrogens (tertiary/aromatic N) is 1. The van der Waals surface area contributed by atoms with Crippen molar-refractivity contribution in [2.75, 3.05) is 18.4 Å². The Morgan fingerprint density at radius 2 is 1.83 bits per heavy atom. The highest BCUT2D eigenvalue weighted by molar-refractivity contribution is 5.94. The van der Waals surface area contributed by atoms with Crippen LogP contribution in [0.3, 0.4) is 0 Å². The number of piperidine rings is 1. The normalized spacial score (nSPS) is 13.8. The second-order valence-electron chi connectivity index (χ2n) is 7.25. The van der Waals surface area contributed by atoms with E-state index in [1.54, 1.807) is 12.1 Å². The lowest BCUT2D eigenvalue weighted by molar-refractivity contribution is -0.133. The van der Waals surface area contributed by atoms with Gasteiger partial charge in [-0.2, -0.15) is 0 Å². The molecule has 152 valence electrons. The summed E-state index contributed by atoms with van der Waals surface area (Å²) in [5.41, 5.74) is 2.35. The molecule has 1 fully saturated rings. The molecule has 1 aliphatic heterocycles. The lowest BCUT2D eigenvalue weighted by Crippen LogP contribution is -2.34. The average Bonchev–Trinajstić information content (AvgIpc) is 2.74. The fourth-order valence-electron chi connectivity index (χ4n) is 3.36. The molecule has 1 heterocycles. The van der Waals surface area contributed by atoms with Gasteiger partial charge in [-0.05, 0) is 49.1 Å². The minimum atomic E-state index is -0.133.